The molecule has 38 heavy (non-hydrogen) atoms. The molecule has 1 aromatic carbocycles. The standard InChI is InChI=1S/C24H20ClF5N4O3S/c1-12-20(27)7-18(21(12)38(36,37)16-4-2-14(26)3-5-16)22(35)32-10-15-6-17(19(25)11-31-15)13-8-33-23(34-9-13)24(28,29)30/h2-6,8-9,11-12,18,20-21H,7,10H2,1H3,(H,32,35)/t12-,18+,20+,21?/m0/s1. The molecule has 3 aromatic rings. The van der Waals surface area contributed by atoms with Gasteiger partial charge in [0.15, 0.2) is 9.84 Å². The number of nitrogens with zero attached hydrogens (tertiary/aromatic N) is 3. The topological polar surface area (TPSA) is 102 Å². The zero-order chi connectivity index (χ0) is 27.8. The second-order valence-electron chi connectivity index (χ2n) is 8.85. The molecule has 0 spiro atoms. The van der Waals surface area contributed by atoms with Crippen molar-refractivity contribution in [2.45, 2.75) is 42.4 Å². The highest BCUT2D eigenvalue weighted by atomic mass is 35.5. The number of halogens is 6. The van der Waals surface area contributed by atoms with Gasteiger partial charge in [0.25, 0.3) is 0 Å². The molecule has 7 nitrogen and oxygen atoms in total. The van der Waals surface area contributed by atoms with Crippen molar-refractivity contribution in [3.8, 4) is 11.1 Å². The average Bonchev–Trinajstić information content (AvgIpc) is 3.18. The number of hydrogen-bond donors (Lipinski definition) is 1. The molecule has 2 heterocycles. The van der Waals surface area contributed by atoms with E-state index >= 15 is 0 Å². The van der Waals surface area contributed by atoms with Crippen LogP contribution in [0.4, 0.5) is 22.0 Å². The molecule has 0 saturated heterocycles. The SMILES string of the molecule is C[C@@H]1C(S(=O)(=O)c2ccc(F)cc2)[C@H](C(=O)NCc2cc(-c3cnc(C(F)(F)F)nc3)c(Cl)cn2)C[C@H]1F. The van der Waals surface area contributed by atoms with Gasteiger partial charge in [-0.2, -0.15) is 13.2 Å². The molecule has 1 fully saturated rings. The molecule has 2 aromatic heterocycles. The minimum atomic E-state index is -4.71. The van der Waals surface area contributed by atoms with Gasteiger partial charge in [0.1, 0.15) is 12.0 Å². The third-order valence-electron chi connectivity index (χ3n) is 6.37. The van der Waals surface area contributed by atoms with Gasteiger partial charge in [-0.25, -0.2) is 27.2 Å². The highest BCUT2D eigenvalue weighted by molar-refractivity contribution is 7.92. The van der Waals surface area contributed by atoms with Gasteiger partial charge in [-0.15, -0.1) is 0 Å². The summed E-state index contributed by atoms with van der Waals surface area (Å²) < 4.78 is 92.7. The molecule has 14 heteroatoms. The van der Waals surface area contributed by atoms with E-state index in [9.17, 15) is 35.2 Å². The lowest BCUT2D eigenvalue weighted by molar-refractivity contribution is -0.145. The summed E-state index contributed by atoms with van der Waals surface area (Å²) in [5.74, 6) is -4.88. The molecule has 1 saturated carbocycles. The van der Waals surface area contributed by atoms with E-state index < -0.39 is 56.8 Å². The number of pyridine rings is 1. The van der Waals surface area contributed by atoms with Crippen molar-refractivity contribution < 1.29 is 35.2 Å². The van der Waals surface area contributed by atoms with Gasteiger partial charge >= 0.3 is 6.18 Å². The number of aromatic nitrogens is 3. The number of hydrogen-bond acceptors (Lipinski definition) is 6. The van der Waals surface area contributed by atoms with E-state index in [-0.39, 0.29) is 39.7 Å². The Labute approximate surface area is 219 Å². The molecule has 4 atom stereocenters. The van der Waals surface area contributed by atoms with Crippen molar-refractivity contribution >= 4 is 27.3 Å². The largest absolute Gasteiger partial charge is 0.451 e. The van der Waals surface area contributed by atoms with Gasteiger partial charge in [-0.05, 0) is 36.8 Å². The number of benzene rings is 1. The molecule has 1 aliphatic rings. The molecule has 0 radical (unpaired) electrons. The van der Waals surface area contributed by atoms with Gasteiger partial charge in [0, 0.05) is 35.6 Å². The number of rotatable bonds is 6. The number of carbonyl (C=O) groups excluding carboxylic acids is 1. The maximum atomic E-state index is 14.6. The first-order valence-corrected chi connectivity index (χ1v) is 13.2. The maximum absolute atomic E-state index is 14.6. The van der Waals surface area contributed by atoms with E-state index in [0.29, 0.717) is 0 Å². The zero-order valence-corrected chi connectivity index (χ0v) is 21.2. The van der Waals surface area contributed by atoms with Gasteiger partial charge in [-0.1, -0.05) is 18.5 Å². The predicted octanol–water partition coefficient (Wildman–Crippen LogP) is 4.80. The Morgan fingerprint density at radius 3 is 2.34 bits per heavy atom. The quantitative estimate of drug-likeness (QED) is 0.335. The van der Waals surface area contributed by atoms with Gasteiger partial charge < -0.3 is 5.32 Å². The van der Waals surface area contributed by atoms with Crippen LogP contribution in [-0.2, 0) is 27.4 Å². The van der Waals surface area contributed by atoms with Crippen molar-refractivity contribution in [2.75, 3.05) is 0 Å². The summed E-state index contributed by atoms with van der Waals surface area (Å²) in [5, 5.41) is 1.28. The van der Waals surface area contributed by atoms with Crippen LogP contribution >= 0.6 is 11.6 Å². The highest BCUT2D eigenvalue weighted by Gasteiger charge is 2.51. The molecule has 202 valence electrons. The third-order valence-corrected chi connectivity index (χ3v) is 9.08. The molecule has 4 rings (SSSR count). The minimum absolute atomic E-state index is 0.0961. The Kier molecular flexibility index (Phi) is 7.71. The number of sulfone groups is 1. The number of alkyl halides is 4. The van der Waals surface area contributed by atoms with Gasteiger partial charge in [-0.3, -0.25) is 9.78 Å². The Bertz CT molecular complexity index is 1440. The second kappa shape index (κ2) is 10.5. The van der Waals surface area contributed by atoms with Crippen LogP contribution in [0.5, 0.6) is 0 Å². The molecule has 0 aliphatic heterocycles. The lowest BCUT2D eigenvalue weighted by atomic mass is 10.0. The van der Waals surface area contributed by atoms with E-state index in [1.54, 1.807) is 0 Å². The molecular weight excluding hydrogens is 555 g/mol. The van der Waals surface area contributed by atoms with Crippen molar-refractivity contribution in [1.82, 2.24) is 20.3 Å². The summed E-state index contributed by atoms with van der Waals surface area (Å²) >= 11 is 6.14. The van der Waals surface area contributed by atoms with E-state index in [2.05, 4.69) is 20.3 Å². The van der Waals surface area contributed by atoms with Crippen molar-refractivity contribution in [3.63, 3.8) is 0 Å². The monoisotopic (exact) mass is 574 g/mol. The number of amides is 1. The molecule has 1 unspecified atom stereocenters. The molecule has 0 bridgehead atoms. The molecule has 1 N–H and O–H groups in total. The summed E-state index contributed by atoms with van der Waals surface area (Å²) in [6.45, 7) is 1.21. The average molecular weight is 575 g/mol. The van der Waals surface area contributed by atoms with E-state index in [1.165, 1.54) is 19.2 Å². The fraction of sp³-hybridized carbons (Fsp3) is 0.333. The highest BCUT2D eigenvalue weighted by Crippen LogP contribution is 2.41. The minimum Gasteiger partial charge on any atom is -0.350 e. The first-order valence-electron chi connectivity index (χ1n) is 11.2. The van der Waals surface area contributed by atoms with Gasteiger partial charge in [0.05, 0.1) is 33.3 Å². The molecule has 1 amide bonds. The fourth-order valence-electron chi connectivity index (χ4n) is 4.42. The van der Waals surface area contributed by atoms with Crippen molar-refractivity contribution in [1.29, 1.82) is 0 Å². The summed E-state index contributed by atoms with van der Waals surface area (Å²) in [6.07, 6.45) is -3.45. The van der Waals surface area contributed by atoms with Crippen molar-refractivity contribution in [3.05, 3.63) is 71.3 Å². The Balaban J connectivity index is 1.52. The van der Waals surface area contributed by atoms with Crippen LogP contribution in [0.25, 0.3) is 11.1 Å². The van der Waals surface area contributed by atoms with Crippen LogP contribution in [0, 0.1) is 17.7 Å². The van der Waals surface area contributed by atoms with E-state index in [1.807, 2.05) is 0 Å². The second-order valence-corrected chi connectivity index (χ2v) is 11.4. The van der Waals surface area contributed by atoms with Crippen LogP contribution in [0.15, 0.2) is 53.8 Å². The van der Waals surface area contributed by atoms with E-state index in [0.717, 1.165) is 36.7 Å². The van der Waals surface area contributed by atoms with Crippen LogP contribution < -0.4 is 5.32 Å². The van der Waals surface area contributed by atoms with Crippen LogP contribution in [0.1, 0.15) is 24.9 Å². The summed E-state index contributed by atoms with van der Waals surface area (Å²) in [6, 6.07) is 5.50. The first-order chi connectivity index (χ1) is 17.8. The number of nitrogens with one attached hydrogen (secondary N) is 1. The normalized spacial score (nSPS) is 21.9. The third kappa shape index (κ3) is 5.63. The smallest absolute Gasteiger partial charge is 0.350 e. The van der Waals surface area contributed by atoms with E-state index in [4.69, 9.17) is 11.6 Å². The van der Waals surface area contributed by atoms with Gasteiger partial charge in [0.2, 0.25) is 11.7 Å². The predicted molar refractivity (Wildman–Crippen MR) is 127 cm³/mol. The summed E-state index contributed by atoms with van der Waals surface area (Å²) in [4.78, 5) is 23.5. The Morgan fingerprint density at radius 1 is 1.11 bits per heavy atom. The fourth-order valence-corrected chi connectivity index (χ4v) is 6.87. The Morgan fingerprint density at radius 2 is 1.74 bits per heavy atom. The van der Waals surface area contributed by atoms with Crippen LogP contribution in [0.3, 0.4) is 0 Å². The molecule has 1 aliphatic carbocycles. The summed E-state index contributed by atoms with van der Waals surface area (Å²) in [7, 11) is -4.17. The maximum Gasteiger partial charge on any atom is 0.451 e. The zero-order valence-electron chi connectivity index (χ0n) is 19.6. The lowest BCUT2D eigenvalue weighted by Gasteiger charge is -2.22. The number of carbonyl (C=O) groups is 1. The van der Waals surface area contributed by atoms with Crippen LogP contribution in [-0.4, -0.2) is 40.7 Å². The summed E-state index contributed by atoms with van der Waals surface area (Å²) in [5.41, 5.74) is 0.682. The lowest BCUT2D eigenvalue weighted by Crippen LogP contribution is -2.40. The first kappa shape index (κ1) is 27.8. The Hall–Kier alpha value is -3.19. The van der Waals surface area contributed by atoms with Crippen LogP contribution in [0.2, 0.25) is 5.02 Å². The molecular formula is C24H20ClF5N4O3S. The van der Waals surface area contributed by atoms with Crippen molar-refractivity contribution in [2.24, 2.45) is 11.8 Å².